The Kier molecular flexibility index (Phi) is 3.74. The number of anilines is 2. The molecule has 2 rings (SSSR count). The van der Waals surface area contributed by atoms with Gasteiger partial charge in [-0.1, -0.05) is 0 Å². The molecule has 1 fully saturated rings. The topological polar surface area (TPSA) is 50.5 Å². The maximum atomic E-state index is 5.74. The molecule has 1 heterocycles. The first kappa shape index (κ1) is 12.0. The van der Waals surface area contributed by atoms with Crippen molar-refractivity contribution in [2.45, 2.75) is 18.9 Å². The minimum absolute atomic E-state index is 0.531. The molecule has 1 aliphatic heterocycles. The van der Waals surface area contributed by atoms with Crippen LogP contribution in [-0.4, -0.2) is 38.2 Å². The van der Waals surface area contributed by atoms with Gasteiger partial charge < -0.3 is 20.7 Å². The molecule has 0 bridgehead atoms. The Balaban J connectivity index is 2.03. The molecule has 94 valence electrons. The molecule has 17 heavy (non-hydrogen) atoms. The Morgan fingerprint density at radius 2 is 2.06 bits per heavy atom. The van der Waals surface area contributed by atoms with Crippen LogP contribution in [0, 0.1) is 0 Å². The average molecular weight is 235 g/mol. The number of ether oxygens (including phenoxy) is 1. The molecule has 0 amide bonds. The SMILES string of the molecule is COc1cc(N)ccc1NC1CCN(C)CC1. The monoisotopic (exact) mass is 235 g/mol. The number of methoxy groups -OCH3 is 1. The Bertz CT molecular complexity index is 373. The smallest absolute Gasteiger partial charge is 0.144 e. The fourth-order valence-corrected chi connectivity index (χ4v) is 2.20. The zero-order valence-electron chi connectivity index (χ0n) is 10.6. The first-order valence-electron chi connectivity index (χ1n) is 6.07. The van der Waals surface area contributed by atoms with Gasteiger partial charge in [-0.2, -0.15) is 0 Å². The Morgan fingerprint density at radius 3 is 2.71 bits per heavy atom. The molecule has 0 spiro atoms. The van der Waals surface area contributed by atoms with Gasteiger partial charge in [-0.05, 0) is 45.1 Å². The molecular formula is C13H21N3O. The second-order valence-electron chi connectivity index (χ2n) is 4.68. The van der Waals surface area contributed by atoms with Gasteiger partial charge in [-0.15, -0.1) is 0 Å². The lowest BCUT2D eigenvalue weighted by molar-refractivity contribution is 0.263. The zero-order chi connectivity index (χ0) is 12.3. The fraction of sp³-hybridized carbons (Fsp3) is 0.538. The van der Waals surface area contributed by atoms with Crippen LogP contribution in [0.25, 0.3) is 0 Å². The molecule has 0 aliphatic carbocycles. The normalized spacial score (nSPS) is 18.0. The van der Waals surface area contributed by atoms with Crippen molar-refractivity contribution in [3.05, 3.63) is 18.2 Å². The quantitative estimate of drug-likeness (QED) is 0.784. The van der Waals surface area contributed by atoms with Crippen LogP contribution in [0.4, 0.5) is 11.4 Å². The minimum atomic E-state index is 0.531. The molecule has 0 unspecified atom stereocenters. The summed E-state index contributed by atoms with van der Waals surface area (Å²) in [5.74, 6) is 0.823. The number of nitrogen functional groups attached to an aromatic ring is 1. The van der Waals surface area contributed by atoms with Crippen LogP contribution in [0.15, 0.2) is 18.2 Å². The van der Waals surface area contributed by atoms with Crippen molar-refractivity contribution < 1.29 is 4.74 Å². The lowest BCUT2D eigenvalue weighted by atomic mass is 10.1. The van der Waals surface area contributed by atoms with Gasteiger partial charge in [0.25, 0.3) is 0 Å². The highest BCUT2D eigenvalue weighted by Crippen LogP contribution is 2.28. The number of rotatable bonds is 3. The van der Waals surface area contributed by atoms with E-state index in [2.05, 4.69) is 17.3 Å². The van der Waals surface area contributed by atoms with E-state index in [1.165, 1.54) is 12.8 Å². The maximum absolute atomic E-state index is 5.74. The van der Waals surface area contributed by atoms with Crippen LogP contribution in [-0.2, 0) is 0 Å². The van der Waals surface area contributed by atoms with E-state index in [1.54, 1.807) is 7.11 Å². The summed E-state index contributed by atoms with van der Waals surface area (Å²) in [5, 5.41) is 3.54. The van der Waals surface area contributed by atoms with Gasteiger partial charge in [-0.25, -0.2) is 0 Å². The number of piperidine rings is 1. The highest BCUT2D eigenvalue weighted by molar-refractivity contribution is 5.62. The van der Waals surface area contributed by atoms with E-state index in [4.69, 9.17) is 10.5 Å². The molecule has 1 saturated heterocycles. The van der Waals surface area contributed by atoms with E-state index in [9.17, 15) is 0 Å². The van der Waals surface area contributed by atoms with Crippen molar-refractivity contribution >= 4 is 11.4 Å². The molecule has 0 saturated carbocycles. The number of nitrogens with two attached hydrogens (primary N) is 1. The lowest BCUT2D eigenvalue weighted by Crippen LogP contribution is -2.36. The number of nitrogens with one attached hydrogen (secondary N) is 1. The standard InChI is InChI=1S/C13H21N3O/c1-16-7-5-11(6-8-16)15-12-4-3-10(14)9-13(12)17-2/h3-4,9,11,15H,5-8,14H2,1-2H3. The van der Waals surface area contributed by atoms with Crippen LogP contribution in [0.2, 0.25) is 0 Å². The van der Waals surface area contributed by atoms with Crippen LogP contribution in [0.1, 0.15) is 12.8 Å². The minimum Gasteiger partial charge on any atom is -0.495 e. The van der Waals surface area contributed by atoms with E-state index >= 15 is 0 Å². The molecular weight excluding hydrogens is 214 g/mol. The van der Waals surface area contributed by atoms with E-state index in [1.807, 2.05) is 18.2 Å². The highest BCUT2D eigenvalue weighted by atomic mass is 16.5. The molecule has 3 N–H and O–H groups in total. The zero-order valence-corrected chi connectivity index (χ0v) is 10.6. The summed E-state index contributed by atoms with van der Waals surface area (Å²) < 4.78 is 5.34. The van der Waals surface area contributed by atoms with Crippen LogP contribution >= 0.6 is 0 Å². The third-order valence-electron chi connectivity index (χ3n) is 3.30. The Labute approximate surface area is 103 Å². The predicted molar refractivity (Wildman–Crippen MR) is 71.5 cm³/mol. The van der Waals surface area contributed by atoms with Crippen molar-refractivity contribution in [1.29, 1.82) is 0 Å². The Morgan fingerprint density at radius 1 is 1.35 bits per heavy atom. The molecule has 4 nitrogen and oxygen atoms in total. The molecule has 1 aliphatic rings. The second-order valence-corrected chi connectivity index (χ2v) is 4.68. The predicted octanol–water partition coefficient (Wildman–Crippen LogP) is 1.78. The largest absolute Gasteiger partial charge is 0.495 e. The molecule has 0 radical (unpaired) electrons. The first-order valence-corrected chi connectivity index (χ1v) is 6.07. The van der Waals surface area contributed by atoms with Gasteiger partial charge in [0.15, 0.2) is 0 Å². The van der Waals surface area contributed by atoms with Crippen molar-refractivity contribution in [2.75, 3.05) is 38.3 Å². The van der Waals surface area contributed by atoms with Crippen molar-refractivity contribution in [3.63, 3.8) is 0 Å². The van der Waals surface area contributed by atoms with Gasteiger partial charge in [0.05, 0.1) is 12.8 Å². The number of likely N-dealkylation sites (tertiary alicyclic amines) is 1. The van der Waals surface area contributed by atoms with E-state index in [0.29, 0.717) is 6.04 Å². The molecule has 1 aromatic carbocycles. The van der Waals surface area contributed by atoms with Crippen LogP contribution in [0.5, 0.6) is 5.75 Å². The average Bonchev–Trinajstić information content (AvgIpc) is 2.34. The van der Waals surface area contributed by atoms with Gasteiger partial charge in [0.1, 0.15) is 5.75 Å². The molecule has 1 aromatic rings. The van der Waals surface area contributed by atoms with E-state index < -0.39 is 0 Å². The van der Waals surface area contributed by atoms with E-state index in [-0.39, 0.29) is 0 Å². The Hall–Kier alpha value is -1.42. The highest BCUT2D eigenvalue weighted by Gasteiger charge is 2.17. The first-order chi connectivity index (χ1) is 8.19. The van der Waals surface area contributed by atoms with Gasteiger partial charge in [-0.3, -0.25) is 0 Å². The summed E-state index contributed by atoms with van der Waals surface area (Å²) in [6, 6.07) is 6.28. The summed E-state index contributed by atoms with van der Waals surface area (Å²) in [5.41, 5.74) is 7.51. The fourth-order valence-electron chi connectivity index (χ4n) is 2.20. The van der Waals surface area contributed by atoms with Crippen molar-refractivity contribution in [1.82, 2.24) is 4.90 Å². The molecule has 4 heteroatoms. The number of hydrogen-bond acceptors (Lipinski definition) is 4. The number of nitrogens with zero attached hydrogens (tertiary/aromatic N) is 1. The number of benzene rings is 1. The van der Waals surface area contributed by atoms with Gasteiger partial charge in [0, 0.05) is 17.8 Å². The summed E-state index contributed by atoms with van der Waals surface area (Å²) in [4.78, 5) is 2.36. The summed E-state index contributed by atoms with van der Waals surface area (Å²) in [7, 11) is 3.84. The maximum Gasteiger partial charge on any atom is 0.144 e. The summed E-state index contributed by atoms with van der Waals surface area (Å²) in [6.45, 7) is 2.30. The van der Waals surface area contributed by atoms with E-state index in [0.717, 1.165) is 30.2 Å². The van der Waals surface area contributed by atoms with Gasteiger partial charge >= 0.3 is 0 Å². The summed E-state index contributed by atoms with van der Waals surface area (Å²) >= 11 is 0. The third-order valence-corrected chi connectivity index (χ3v) is 3.30. The molecule has 0 atom stereocenters. The number of hydrogen-bond donors (Lipinski definition) is 2. The second kappa shape index (κ2) is 5.27. The van der Waals surface area contributed by atoms with Crippen molar-refractivity contribution in [2.24, 2.45) is 0 Å². The van der Waals surface area contributed by atoms with Crippen LogP contribution in [0.3, 0.4) is 0 Å². The van der Waals surface area contributed by atoms with Gasteiger partial charge in [0.2, 0.25) is 0 Å². The molecule has 0 aromatic heterocycles. The summed E-state index contributed by atoms with van der Waals surface area (Å²) in [6.07, 6.45) is 2.34. The van der Waals surface area contributed by atoms with Crippen molar-refractivity contribution in [3.8, 4) is 5.75 Å². The lowest BCUT2D eigenvalue weighted by Gasteiger charge is -2.30. The van der Waals surface area contributed by atoms with Crippen LogP contribution < -0.4 is 15.8 Å². The third kappa shape index (κ3) is 3.03.